The molecule has 6 nitrogen and oxygen atoms in total. The maximum absolute atomic E-state index is 12.1. The molecule has 2 aromatic rings. The molecule has 0 aliphatic heterocycles. The van der Waals surface area contributed by atoms with Crippen LogP contribution in [0.3, 0.4) is 0 Å². The van der Waals surface area contributed by atoms with Crippen LogP contribution in [0.2, 0.25) is 10.0 Å². The van der Waals surface area contributed by atoms with Crippen LogP contribution in [0.4, 0.5) is 5.69 Å². The quantitative estimate of drug-likeness (QED) is 0.445. The second kappa shape index (κ2) is 6.74. The Morgan fingerprint density at radius 1 is 1.13 bits per heavy atom. The first-order chi connectivity index (χ1) is 10.7. The molecule has 9 heteroatoms. The Bertz CT molecular complexity index is 867. The number of benzene rings is 2. The van der Waals surface area contributed by atoms with Crippen molar-refractivity contribution in [3.8, 4) is 5.75 Å². The molecule has 0 unspecified atom stereocenters. The summed E-state index contributed by atoms with van der Waals surface area (Å²) in [6, 6.07) is 8.36. The number of hydrogen-bond acceptors (Lipinski definition) is 5. The molecule has 0 aliphatic rings. The maximum Gasteiger partial charge on any atom is 0.313 e. The van der Waals surface area contributed by atoms with Gasteiger partial charge in [0.25, 0.3) is 0 Å². The van der Waals surface area contributed by atoms with Crippen molar-refractivity contribution in [3.63, 3.8) is 0 Å². The molecule has 2 aromatic carbocycles. The Labute approximate surface area is 142 Å². The summed E-state index contributed by atoms with van der Waals surface area (Å²) >= 11 is 11.6. The van der Waals surface area contributed by atoms with Gasteiger partial charge >= 0.3 is 15.8 Å². The summed E-state index contributed by atoms with van der Waals surface area (Å²) in [4.78, 5) is 10.3. The van der Waals surface area contributed by atoms with Crippen LogP contribution in [0, 0.1) is 17.0 Å². The Morgan fingerprint density at radius 2 is 1.83 bits per heavy atom. The van der Waals surface area contributed by atoms with Crippen LogP contribution < -0.4 is 4.18 Å². The molecule has 0 radical (unpaired) electrons. The minimum Gasteiger partial charge on any atom is -0.375 e. The van der Waals surface area contributed by atoms with Crippen LogP contribution in [-0.4, -0.2) is 13.3 Å². The van der Waals surface area contributed by atoms with E-state index in [1.54, 1.807) is 6.92 Å². The number of nitro groups is 1. The van der Waals surface area contributed by atoms with E-state index >= 15 is 0 Å². The highest BCUT2D eigenvalue weighted by atomic mass is 35.5. The van der Waals surface area contributed by atoms with Crippen LogP contribution in [0.5, 0.6) is 5.75 Å². The van der Waals surface area contributed by atoms with Crippen molar-refractivity contribution in [1.82, 2.24) is 0 Å². The van der Waals surface area contributed by atoms with E-state index in [9.17, 15) is 18.5 Å². The lowest BCUT2D eigenvalue weighted by Crippen LogP contribution is -2.13. The van der Waals surface area contributed by atoms with Gasteiger partial charge in [-0.05, 0) is 36.2 Å². The monoisotopic (exact) mass is 375 g/mol. The SMILES string of the molecule is Cc1ccc(OS(=O)(=O)Cc2ccc(Cl)c(Cl)c2)c([N+](=O)[O-])c1. The van der Waals surface area contributed by atoms with Gasteiger partial charge in [-0.15, -0.1) is 0 Å². The summed E-state index contributed by atoms with van der Waals surface area (Å²) in [6.45, 7) is 1.65. The van der Waals surface area contributed by atoms with Crippen LogP contribution in [0.1, 0.15) is 11.1 Å². The molecule has 0 saturated heterocycles. The van der Waals surface area contributed by atoms with Crippen molar-refractivity contribution in [3.05, 3.63) is 67.7 Å². The van der Waals surface area contributed by atoms with Gasteiger partial charge in [-0.1, -0.05) is 35.3 Å². The lowest BCUT2D eigenvalue weighted by molar-refractivity contribution is -0.385. The van der Waals surface area contributed by atoms with Gasteiger partial charge in [-0.3, -0.25) is 10.1 Å². The highest BCUT2D eigenvalue weighted by Gasteiger charge is 2.22. The van der Waals surface area contributed by atoms with Gasteiger partial charge in [0.2, 0.25) is 5.75 Å². The molecule has 0 aliphatic carbocycles. The van der Waals surface area contributed by atoms with Crippen molar-refractivity contribution in [2.45, 2.75) is 12.7 Å². The van der Waals surface area contributed by atoms with Crippen LogP contribution in [0.25, 0.3) is 0 Å². The molecular weight excluding hydrogens is 365 g/mol. The Morgan fingerprint density at radius 3 is 2.43 bits per heavy atom. The van der Waals surface area contributed by atoms with Crippen LogP contribution >= 0.6 is 23.2 Å². The molecule has 0 amide bonds. The van der Waals surface area contributed by atoms with Crippen molar-refractivity contribution in [1.29, 1.82) is 0 Å². The average Bonchev–Trinajstić information content (AvgIpc) is 2.44. The standard InChI is InChI=1S/C14H11Cl2NO5S/c1-9-2-5-14(13(6-9)17(18)19)22-23(20,21)8-10-3-4-11(15)12(16)7-10/h2-7H,8H2,1H3. The number of hydrogen-bond donors (Lipinski definition) is 0. The van der Waals surface area contributed by atoms with Gasteiger partial charge in [-0.25, -0.2) is 0 Å². The van der Waals surface area contributed by atoms with Gasteiger partial charge < -0.3 is 4.18 Å². The third-order valence-corrected chi connectivity index (χ3v) is 4.71. The molecule has 0 aromatic heterocycles. The molecule has 23 heavy (non-hydrogen) atoms. The Kier molecular flexibility index (Phi) is 5.13. The largest absolute Gasteiger partial charge is 0.375 e. The zero-order valence-electron chi connectivity index (χ0n) is 11.8. The van der Waals surface area contributed by atoms with E-state index in [0.29, 0.717) is 16.1 Å². The van der Waals surface area contributed by atoms with Crippen molar-refractivity contribution in [2.75, 3.05) is 0 Å². The van der Waals surface area contributed by atoms with Gasteiger partial charge in [-0.2, -0.15) is 8.42 Å². The summed E-state index contributed by atoms with van der Waals surface area (Å²) in [7, 11) is -4.09. The van der Waals surface area contributed by atoms with Gasteiger partial charge in [0.1, 0.15) is 5.75 Å². The van der Waals surface area contributed by atoms with Gasteiger partial charge in [0.05, 0.1) is 15.0 Å². The zero-order valence-corrected chi connectivity index (χ0v) is 14.2. The lowest BCUT2D eigenvalue weighted by atomic mass is 10.2. The van der Waals surface area contributed by atoms with Crippen molar-refractivity contribution in [2.24, 2.45) is 0 Å². The fourth-order valence-electron chi connectivity index (χ4n) is 1.84. The summed E-state index contributed by atoms with van der Waals surface area (Å²) in [5, 5.41) is 11.5. The molecule has 0 atom stereocenters. The predicted molar refractivity (Wildman–Crippen MR) is 87.5 cm³/mol. The first-order valence-electron chi connectivity index (χ1n) is 6.29. The Balaban J connectivity index is 2.28. The van der Waals surface area contributed by atoms with Crippen LogP contribution in [-0.2, 0) is 15.9 Å². The molecule has 2 rings (SSSR count). The predicted octanol–water partition coefficient (Wildman–Crippen LogP) is 4.12. The summed E-state index contributed by atoms with van der Waals surface area (Å²) in [5.74, 6) is -0.824. The van der Waals surface area contributed by atoms with E-state index in [1.165, 1.54) is 36.4 Å². The van der Waals surface area contributed by atoms with Crippen molar-refractivity contribution >= 4 is 39.0 Å². The van der Waals surface area contributed by atoms with Gasteiger partial charge in [0, 0.05) is 6.07 Å². The smallest absolute Gasteiger partial charge is 0.313 e. The fourth-order valence-corrected chi connectivity index (χ4v) is 3.22. The fraction of sp³-hybridized carbons (Fsp3) is 0.143. The summed E-state index contributed by atoms with van der Waals surface area (Å²) < 4.78 is 29.1. The zero-order chi connectivity index (χ0) is 17.2. The Hall–Kier alpha value is -1.83. The third-order valence-electron chi connectivity index (χ3n) is 2.86. The molecule has 122 valence electrons. The third kappa shape index (κ3) is 4.57. The molecule has 0 saturated carbocycles. The van der Waals surface area contributed by atoms with E-state index in [0.717, 1.165) is 0 Å². The second-order valence-electron chi connectivity index (χ2n) is 4.76. The molecule has 0 bridgehead atoms. The molecular formula is C14H11Cl2NO5S. The number of rotatable bonds is 5. The number of halogens is 2. The number of nitrogens with zero attached hydrogens (tertiary/aromatic N) is 1. The van der Waals surface area contributed by atoms with Crippen LogP contribution in [0.15, 0.2) is 36.4 Å². The average molecular weight is 376 g/mol. The molecule has 0 N–H and O–H groups in total. The minimum absolute atomic E-state index is 0.209. The van der Waals surface area contributed by atoms with E-state index in [4.69, 9.17) is 27.4 Å². The first-order valence-corrected chi connectivity index (χ1v) is 8.62. The van der Waals surface area contributed by atoms with E-state index in [2.05, 4.69) is 0 Å². The van der Waals surface area contributed by atoms with E-state index in [-0.39, 0.29) is 10.8 Å². The normalized spacial score (nSPS) is 11.3. The highest BCUT2D eigenvalue weighted by molar-refractivity contribution is 7.86. The number of aryl methyl sites for hydroxylation is 1. The van der Waals surface area contributed by atoms with E-state index in [1.807, 2.05) is 0 Å². The topological polar surface area (TPSA) is 86.5 Å². The molecule has 0 fully saturated rings. The second-order valence-corrected chi connectivity index (χ2v) is 7.15. The molecule has 0 spiro atoms. The highest BCUT2D eigenvalue weighted by Crippen LogP contribution is 2.30. The molecule has 0 heterocycles. The van der Waals surface area contributed by atoms with E-state index < -0.39 is 26.5 Å². The summed E-state index contributed by atoms with van der Waals surface area (Å²) in [6.07, 6.45) is 0. The first kappa shape index (κ1) is 17.5. The minimum atomic E-state index is -4.09. The maximum atomic E-state index is 12.1. The van der Waals surface area contributed by atoms with Crippen molar-refractivity contribution < 1.29 is 17.5 Å². The number of nitro benzene ring substituents is 1. The van der Waals surface area contributed by atoms with Gasteiger partial charge in [0.15, 0.2) is 0 Å². The lowest BCUT2D eigenvalue weighted by Gasteiger charge is -2.08. The summed E-state index contributed by atoms with van der Waals surface area (Å²) in [5.41, 5.74) is 0.558.